The van der Waals surface area contributed by atoms with E-state index in [2.05, 4.69) is 35.3 Å². The zero-order valence-corrected chi connectivity index (χ0v) is 27.9. The van der Waals surface area contributed by atoms with E-state index in [0.29, 0.717) is 4.68 Å². The van der Waals surface area contributed by atoms with Crippen LogP contribution in [-0.2, 0) is 43.7 Å². The molecular weight excluding hydrogens is 731 g/mol. The van der Waals surface area contributed by atoms with E-state index in [1.165, 1.54) is 40.0 Å². The Morgan fingerprint density at radius 2 is 1.76 bits per heavy atom. The molecule has 50 heavy (non-hydrogen) atoms. The maximum Gasteiger partial charge on any atom is 0.435 e. The highest BCUT2D eigenvalue weighted by molar-refractivity contribution is 8.05. The largest absolute Gasteiger partial charge is 0.478 e. The van der Waals surface area contributed by atoms with E-state index >= 15 is 0 Å². The van der Waals surface area contributed by atoms with Crippen molar-refractivity contribution in [1.82, 2.24) is 29.5 Å². The lowest BCUT2D eigenvalue weighted by molar-refractivity contribution is -0.142. The number of methoxy groups -OCH3 is 1. The Hall–Kier alpha value is -5.20. The quantitative estimate of drug-likeness (QED) is 0.266. The number of anilines is 1. The summed E-state index contributed by atoms with van der Waals surface area (Å²) in [6.45, 7) is 1.14. The first-order chi connectivity index (χ1) is 23.0. The van der Waals surface area contributed by atoms with Gasteiger partial charge in [0.25, 0.3) is 10.0 Å². The van der Waals surface area contributed by atoms with Crippen LogP contribution in [0.25, 0.3) is 0 Å². The molecule has 1 aliphatic rings. The highest BCUT2D eigenvalue weighted by Crippen LogP contribution is 2.38. The van der Waals surface area contributed by atoms with E-state index in [1.54, 1.807) is 4.72 Å². The second-order valence-electron chi connectivity index (χ2n) is 10.5. The summed E-state index contributed by atoms with van der Waals surface area (Å²) in [5, 5.41) is 17.1. The number of aryl methyl sites for hydroxylation is 2. The zero-order chi connectivity index (χ0) is 37.8. The molecule has 25 heteroatoms. The van der Waals surface area contributed by atoms with Gasteiger partial charge in [-0.15, -0.1) is 0 Å². The molecule has 2 amide bonds. The number of rotatable bonds is 9. The number of sulfonamides is 1. The maximum atomic E-state index is 13.1. The highest BCUT2D eigenvalue weighted by atomic mass is 32.2. The number of aromatic carboxylic acids is 1. The standard InChI is InChI=1S/C13H13N5O6S.C12H14F5N3O4S/c1-7-14-11(17-13(15-7)24-2)16-12(21)18-25(22,23)9-6-4-3-5-8(9)10(19)20;1-11(2)4-7(19-24-11)25(21,22)5-6-8(12(15,16)17)18-20(3)9(6)23-10(13)14/h3-6H,1-2H3,(H,19,20)(H2,14,15,16,17,18,21);10H,4-5H2,1-3H3. The van der Waals surface area contributed by atoms with Gasteiger partial charge in [-0.2, -0.15) is 42.0 Å². The zero-order valence-electron chi connectivity index (χ0n) is 26.3. The molecular formula is C25H27F5N8O10S2. The van der Waals surface area contributed by atoms with E-state index < -0.39 is 88.6 Å². The molecule has 0 spiro atoms. The average molecular weight is 759 g/mol. The third-order valence-corrected chi connectivity index (χ3v) is 8.99. The number of halogens is 5. The summed E-state index contributed by atoms with van der Waals surface area (Å²) in [5.41, 5.74) is -4.04. The molecule has 0 atom stereocenters. The van der Waals surface area contributed by atoms with E-state index in [1.807, 2.05) is 0 Å². The lowest BCUT2D eigenvalue weighted by atomic mass is 10.1. The third-order valence-electron chi connectivity index (χ3n) is 5.99. The molecule has 0 saturated carbocycles. The Balaban J connectivity index is 0.000000270. The molecule has 0 fully saturated rings. The van der Waals surface area contributed by atoms with E-state index in [0.717, 1.165) is 19.2 Å². The molecule has 3 heterocycles. The molecule has 2 aromatic heterocycles. The molecule has 1 aromatic carbocycles. The number of nitrogens with one attached hydrogen (secondary N) is 2. The third kappa shape index (κ3) is 9.93. The minimum atomic E-state index is -5.06. The van der Waals surface area contributed by atoms with Crippen molar-refractivity contribution in [3.63, 3.8) is 0 Å². The van der Waals surface area contributed by atoms with Crippen LogP contribution in [-0.4, -0.2) is 83.0 Å². The number of nitrogens with zero attached hydrogens (tertiary/aromatic N) is 6. The van der Waals surface area contributed by atoms with Crippen LogP contribution in [0.1, 0.15) is 47.7 Å². The van der Waals surface area contributed by atoms with Crippen molar-refractivity contribution in [2.75, 3.05) is 12.4 Å². The number of amides is 2. The maximum absolute atomic E-state index is 13.1. The monoisotopic (exact) mass is 758 g/mol. The van der Waals surface area contributed by atoms with Gasteiger partial charge >= 0.3 is 30.8 Å². The minimum Gasteiger partial charge on any atom is -0.478 e. The number of aromatic nitrogens is 5. The molecule has 0 radical (unpaired) electrons. The van der Waals surface area contributed by atoms with Gasteiger partial charge < -0.3 is 19.4 Å². The molecule has 1 aliphatic heterocycles. The van der Waals surface area contributed by atoms with Gasteiger partial charge in [-0.25, -0.2) is 35.8 Å². The fraction of sp³-hybridized carbons (Fsp3) is 0.400. The van der Waals surface area contributed by atoms with Gasteiger partial charge in [0.05, 0.1) is 24.0 Å². The number of urea groups is 1. The van der Waals surface area contributed by atoms with Crippen molar-refractivity contribution in [3.8, 4) is 11.9 Å². The first-order valence-corrected chi connectivity index (χ1v) is 16.6. The lowest BCUT2D eigenvalue weighted by Crippen LogP contribution is -2.35. The van der Waals surface area contributed by atoms with Gasteiger partial charge in [0.2, 0.25) is 11.8 Å². The summed E-state index contributed by atoms with van der Waals surface area (Å²) in [6.07, 6.45) is -5.22. The number of alkyl halides is 5. The topological polar surface area (TPSA) is 243 Å². The molecule has 274 valence electrons. The Bertz CT molecular complexity index is 2020. The van der Waals surface area contributed by atoms with Crippen molar-refractivity contribution in [2.45, 2.75) is 56.2 Å². The van der Waals surface area contributed by atoms with Gasteiger partial charge in [0, 0.05) is 13.5 Å². The van der Waals surface area contributed by atoms with Crippen LogP contribution in [0, 0.1) is 6.92 Å². The van der Waals surface area contributed by atoms with Crippen LogP contribution in [0.5, 0.6) is 11.9 Å². The number of sulfone groups is 1. The predicted octanol–water partition coefficient (Wildman–Crippen LogP) is 2.86. The average Bonchev–Trinajstić information content (AvgIpc) is 3.51. The summed E-state index contributed by atoms with van der Waals surface area (Å²) in [4.78, 5) is 38.7. The second-order valence-corrected chi connectivity index (χ2v) is 14.1. The van der Waals surface area contributed by atoms with Crippen LogP contribution in [0.4, 0.5) is 32.7 Å². The number of carbonyl (C=O) groups is 2. The number of hydrogen-bond donors (Lipinski definition) is 3. The van der Waals surface area contributed by atoms with Crippen LogP contribution in [0.3, 0.4) is 0 Å². The Morgan fingerprint density at radius 1 is 1.12 bits per heavy atom. The van der Waals surface area contributed by atoms with Gasteiger partial charge in [-0.05, 0) is 32.9 Å². The van der Waals surface area contributed by atoms with E-state index in [-0.39, 0.29) is 24.2 Å². The van der Waals surface area contributed by atoms with Gasteiger partial charge in [0.1, 0.15) is 16.3 Å². The number of hydrogen-bond acceptors (Lipinski definition) is 14. The summed E-state index contributed by atoms with van der Waals surface area (Å²) >= 11 is 0. The predicted molar refractivity (Wildman–Crippen MR) is 159 cm³/mol. The van der Waals surface area contributed by atoms with Crippen LogP contribution in [0.2, 0.25) is 0 Å². The number of carboxylic acid groups (broad SMARTS) is 1. The smallest absolute Gasteiger partial charge is 0.435 e. The molecule has 3 aromatic rings. The minimum absolute atomic E-state index is 0.0677. The Kier molecular flexibility index (Phi) is 11.6. The second kappa shape index (κ2) is 14.7. The van der Waals surface area contributed by atoms with Crippen molar-refractivity contribution in [1.29, 1.82) is 0 Å². The number of carboxylic acids is 1. The number of oxime groups is 1. The first-order valence-electron chi connectivity index (χ1n) is 13.4. The first kappa shape index (κ1) is 39.2. The summed E-state index contributed by atoms with van der Waals surface area (Å²) < 4.78 is 124. The summed E-state index contributed by atoms with van der Waals surface area (Å²) in [7, 11) is -6.55. The number of benzene rings is 1. The van der Waals surface area contributed by atoms with Gasteiger partial charge in [-0.3, -0.25) is 5.32 Å². The normalized spacial score (nSPS) is 14.2. The van der Waals surface area contributed by atoms with Crippen LogP contribution >= 0.6 is 0 Å². The molecule has 0 bridgehead atoms. The number of ether oxygens (including phenoxy) is 2. The SMILES string of the molecule is COc1nc(C)nc(NC(=O)NS(=O)(=O)c2ccccc2C(=O)O)n1.Cn1nc(C(F)(F)F)c(CS(=O)(=O)C2=NOC(C)(C)C2)c1OC(F)F. The van der Waals surface area contributed by atoms with Crippen molar-refractivity contribution in [2.24, 2.45) is 12.2 Å². The summed E-state index contributed by atoms with van der Waals surface area (Å²) in [6, 6.07) is 3.63. The van der Waals surface area contributed by atoms with E-state index in [9.17, 15) is 48.4 Å². The van der Waals surface area contributed by atoms with Crippen LogP contribution < -0.4 is 19.5 Å². The van der Waals surface area contributed by atoms with Crippen molar-refractivity contribution >= 4 is 42.9 Å². The Labute approximate surface area is 279 Å². The van der Waals surface area contributed by atoms with E-state index in [4.69, 9.17) is 14.7 Å². The van der Waals surface area contributed by atoms with Crippen molar-refractivity contribution < 1.29 is 67.8 Å². The Morgan fingerprint density at radius 3 is 2.30 bits per heavy atom. The fourth-order valence-electron chi connectivity index (χ4n) is 3.97. The van der Waals surface area contributed by atoms with Crippen molar-refractivity contribution in [3.05, 3.63) is 46.9 Å². The summed E-state index contributed by atoms with van der Waals surface area (Å²) in [5.74, 6) is -3.68. The lowest BCUT2D eigenvalue weighted by Gasteiger charge is -2.13. The van der Waals surface area contributed by atoms with Gasteiger partial charge in [0.15, 0.2) is 20.6 Å². The molecule has 0 aliphatic carbocycles. The van der Waals surface area contributed by atoms with Gasteiger partial charge in [-0.1, -0.05) is 17.3 Å². The molecule has 0 unspecified atom stereocenters. The highest BCUT2D eigenvalue weighted by Gasteiger charge is 2.43. The molecule has 3 N–H and O–H groups in total. The van der Waals surface area contributed by atoms with Crippen LogP contribution in [0.15, 0.2) is 34.3 Å². The fourth-order valence-corrected chi connectivity index (χ4v) is 6.60. The molecule has 18 nitrogen and oxygen atoms in total. The number of carbonyl (C=O) groups excluding carboxylic acids is 1. The molecule has 0 saturated heterocycles. The molecule has 4 rings (SSSR count).